The summed E-state index contributed by atoms with van der Waals surface area (Å²) in [6.07, 6.45) is 7.44. The van der Waals surface area contributed by atoms with E-state index in [4.69, 9.17) is 0 Å². The lowest BCUT2D eigenvalue weighted by Crippen LogP contribution is -2.48. The van der Waals surface area contributed by atoms with Crippen LogP contribution in [0.25, 0.3) is 0 Å². The molecule has 2 saturated heterocycles. The molecule has 25 heavy (non-hydrogen) atoms. The molecular formula is C16H25N5O3S. The van der Waals surface area contributed by atoms with Crippen LogP contribution >= 0.6 is 0 Å². The largest absolute Gasteiger partial charge is 0.355 e. The number of carbonyl (C=O) groups is 1. The van der Waals surface area contributed by atoms with Gasteiger partial charge in [0, 0.05) is 37.6 Å². The fourth-order valence-electron chi connectivity index (χ4n) is 3.46. The second-order valence-electron chi connectivity index (χ2n) is 6.86. The normalized spacial score (nSPS) is 23.8. The molecule has 1 N–H and O–H groups in total. The standard InChI is InChI=1S/C16H25N5O3S/c1-20(14-4-9-25(23,24)12-14)11-16(22)19-13-2-7-21(8-3-13)15-10-17-5-6-18-15/h5-6,10,13-14H,2-4,7-9,11-12H2,1H3,(H,19,22)/t14-/m0/s1. The van der Waals surface area contributed by atoms with Crippen LogP contribution in [0.15, 0.2) is 18.6 Å². The fraction of sp³-hybridized carbons (Fsp3) is 0.688. The van der Waals surface area contributed by atoms with Gasteiger partial charge in [-0.2, -0.15) is 0 Å². The van der Waals surface area contributed by atoms with Crippen molar-refractivity contribution in [1.29, 1.82) is 0 Å². The van der Waals surface area contributed by atoms with Crippen molar-refractivity contribution < 1.29 is 13.2 Å². The average Bonchev–Trinajstić information content (AvgIpc) is 2.96. The Morgan fingerprint density at radius 3 is 2.68 bits per heavy atom. The number of piperidine rings is 1. The number of carbonyl (C=O) groups excluding carboxylic acids is 1. The van der Waals surface area contributed by atoms with Crippen molar-refractivity contribution in [3.63, 3.8) is 0 Å². The van der Waals surface area contributed by atoms with Gasteiger partial charge in [0.25, 0.3) is 0 Å². The SMILES string of the molecule is CN(CC(=O)NC1CCN(c2cnccn2)CC1)[C@H]1CCS(=O)(=O)C1. The van der Waals surface area contributed by atoms with Crippen LogP contribution in [0, 0.1) is 0 Å². The highest BCUT2D eigenvalue weighted by Crippen LogP contribution is 2.18. The Labute approximate surface area is 148 Å². The van der Waals surface area contributed by atoms with Gasteiger partial charge in [0.05, 0.1) is 24.2 Å². The van der Waals surface area contributed by atoms with Gasteiger partial charge in [0.2, 0.25) is 5.91 Å². The average molecular weight is 367 g/mol. The Kier molecular flexibility index (Phi) is 5.53. The van der Waals surface area contributed by atoms with E-state index in [-0.39, 0.29) is 36.0 Å². The van der Waals surface area contributed by atoms with Gasteiger partial charge < -0.3 is 10.2 Å². The van der Waals surface area contributed by atoms with E-state index in [0.29, 0.717) is 6.42 Å². The molecule has 138 valence electrons. The molecule has 3 rings (SSSR count). The van der Waals surface area contributed by atoms with Crippen LogP contribution in [0.1, 0.15) is 19.3 Å². The quantitative estimate of drug-likeness (QED) is 0.762. The number of amides is 1. The molecule has 0 aromatic carbocycles. The molecule has 1 aromatic rings. The van der Waals surface area contributed by atoms with Crippen molar-refractivity contribution in [2.45, 2.75) is 31.3 Å². The molecule has 0 radical (unpaired) electrons. The molecule has 1 amide bonds. The molecule has 9 heteroatoms. The van der Waals surface area contributed by atoms with Gasteiger partial charge >= 0.3 is 0 Å². The van der Waals surface area contributed by atoms with E-state index in [9.17, 15) is 13.2 Å². The summed E-state index contributed by atoms with van der Waals surface area (Å²) >= 11 is 0. The van der Waals surface area contributed by atoms with Crippen LogP contribution in [0.3, 0.4) is 0 Å². The highest BCUT2D eigenvalue weighted by atomic mass is 32.2. The van der Waals surface area contributed by atoms with E-state index in [1.807, 2.05) is 11.9 Å². The smallest absolute Gasteiger partial charge is 0.234 e. The van der Waals surface area contributed by atoms with Crippen molar-refractivity contribution in [3.8, 4) is 0 Å². The minimum Gasteiger partial charge on any atom is -0.355 e. The minimum absolute atomic E-state index is 0.0373. The maximum absolute atomic E-state index is 12.3. The van der Waals surface area contributed by atoms with Crippen molar-refractivity contribution >= 4 is 21.6 Å². The fourth-order valence-corrected chi connectivity index (χ4v) is 5.26. The number of anilines is 1. The number of hydrogen-bond donors (Lipinski definition) is 1. The van der Waals surface area contributed by atoms with E-state index in [2.05, 4.69) is 20.2 Å². The van der Waals surface area contributed by atoms with E-state index in [0.717, 1.165) is 31.7 Å². The second-order valence-corrected chi connectivity index (χ2v) is 9.09. The van der Waals surface area contributed by atoms with Crippen LogP contribution in [-0.2, 0) is 14.6 Å². The monoisotopic (exact) mass is 367 g/mol. The zero-order chi connectivity index (χ0) is 17.9. The number of nitrogens with one attached hydrogen (secondary N) is 1. The molecule has 2 aliphatic heterocycles. The third-order valence-electron chi connectivity index (χ3n) is 4.96. The van der Waals surface area contributed by atoms with E-state index in [1.54, 1.807) is 18.6 Å². The summed E-state index contributed by atoms with van der Waals surface area (Å²) in [6.45, 7) is 1.91. The van der Waals surface area contributed by atoms with Gasteiger partial charge in [-0.25, -0.2) is 13.4 Å². The van der Waals surface area contributed by atoms with Gasteiger partial charge in [-0.15, -0.1) is 0 Å². The van der Waals surface area contributed by atoms with Crippen LogP contribution in [0.4, 0.5) is 5.82 Å². The first-order valence-corrected chi connectivity index (χ1v) is 10.5. The molecule has 0 saturated carbocycles. The lowest BCUT2D eigenvalue weighted by atomic mass is 10.1. The Morgan fingerprint density at radius 2 is 2.08 bits per heavy atom. The molecule has 2 aliphatic rings. The summed E-state index contributed by atoms with van der Waals surface area (Å²) < 4.78 is 23.1. The van der Waals surface area contributed by atoms with Crippen molar-refractivity contribution in [3.05, 3.63) is 18.6 Å². The van der Waals surface area contributed by atoms with Crippen molar-refractivity contribution in [1.82, 2.24) is 20.2 Å². The summed E-state index contributed by atoms with van der Waals surface area (Å²) in [7, 11) is -1.10. The lowest BCUT2D eigenvalue weighted by Gasteiger charge is -2.33. The summed E-state index contributed by atoms with van der Waals surface area (Å²) in [5.41, 5.74) is 0. The first kappa shape index (κ1) is 18.1. The Hall–Kier alpha value is -1.74. The van der Waals surface area contributed by atoms with Gasteiger partial charge in [0.1, 0.15) is 5.82 Å². The van der Waals surface area contributed by atoms with Crippen LogP contribution < -0.4 is 10.2 Å². The van der Waals surface area contributed by atoms with Gasteiger partial charge in [-0.1, -0.05) is 0 Å². The highest BCUT2D eigenvalue weighted by molar-refractivity contribution is 7.91. The van der Waals surface area contributed by atoms with E-state index in [1.165, 1.54) is 0 Å². The first-order valence-electron chi connectivity index (χ1n) is 8.64. The zero-order valence-corrected chi connectivity index (χ0v) is 15.3. The number of sulfone groups is 1. The summed E-state index contributed by atoms with van der Waals surface area (Å²) in [5, 5.41) is 3.07. The Bertz CT molecular complexity index is 689. The van der Waals surface area contributed by atoms with Gasteiger partial charge in [-0.05, 0) is 26.3 Å². The second kappa shape index (κ2) is 7.65. The third kappa shape index (κ3) is 4.88. The first-order chi connectivity index (χ1) is 11.9. The van der Waals surface area contributed by atoms with Crippen LogP contribution in [0.2, 0.25) is 0 Å². The van der Waals surface area contributed by atoms with Crippen molar-refractivity contribution in [2.24, 2.45) is 0 Å². The zero-order valence-electron chi connectivity index (χ0n) is 14.5. The number of hydrogen-bond acceptors (Lipinski definition) is 7. The van der Waals surface area contributed by atoms with Gasteiger partial charge in [0.15, 0.2) is 9.84 Å². The third-order valence-corrected chi connectivity index (χ3v) is 6.71. The minimum atomic E-state index is -2.93. The van der Waals surface area contributed by atoms with Crippen LogP contribution in [-0.4, -0.2) is 79.5 Å². The molecule has 1 aromatic heterocycles. The highest BCUT2D eigenvalue weighted by Gasteiger charge is 2.31. The molecule has 0 spiro atoms. The van der Waals surface area contributed by atoms with Crippen molar-refractivity contribution in [2.75, 3.05) is 43.1 Å². The predicted molar refractivity (Wildman–Crippen MR) is 95.1 cm³/mol. The molecule has 8 nitrogen and oxygen atoms in total. The van der Waals surface area contributed by atoms with Gasteiger partial charge in [-0.3, -0.25) is 14.7 Å². The number of aromatic nitrogens is 2. The molecule has 0 unspecified atom stereocenters. The maximum atomic E-state index is 12.3. The molecule has 0 aliphatic carbocycles. The van der Waals surface area contributed by atoms with E-state index >= 15 is 0 Å². The van der Waals surface area contributed by atoms with Crippen LogP contribution in [0.5, 0.6) is 0 Å². The Morgan fingerprint density at radius 1 is 1.32 bits per heavy atom. The molecule has 1 atom stereocenters. The van der Waals surface area contributed by atoms with E-state index < -0.39 is 9.84 Å². The molecule has 0 bridgehead atoms. The topological polar surface area (TPSA) is 95.5 Å². The molecular weight excluding hydrogens is 342 g/mol. The molecule has 2 fully saturated rings. The summed E-state index contributed by atoms with van der Waals surface area (Å²) in [4.78, 5) is 24.7. The predicted octanol–water partition coefficient (Wildman–Crippen LogP) is -0.319. The summed E-state index contributed by atoms with van der Waals surface area (Å²) in [5.74, 6) is 1.22. The Balaban J connectivity index is 1.42. The number of rotatable bonds is 5. The number of likely N-dealkylation sites (N-methyl/N-ethyl adjacent to an activating group) is 1. The molecule has 3 heterocycles. The lowest BCUT2D eigenvalue weighted by molar-refractivity contribution is -0.123. The number of nitrogens with zero attached hydrogens (tertiary/aromatic N) is 4. The summed E-state index contributed by atoms with van der Waals surface area (Å²) in [6, 6.07) is 0.107. The maximum Gasteiger partial charge on any atom is 0.234 e.